The van der Waals surface area contributed by atoms with Crippen molar-refractivity contribution in [1.29, 1.82) is 0 Å². The van der Waals surface area contributed by atoms with Gasteiger partial charge in [0, 0.05) is 18.9 Å². The highest BCUT2D eigenvalue weighted by Gasteiger charge is 2.17. The molecular formula is C45H32N2. The first-order valence-corrected chi connectivity index (χ1v) is 15.2. The highest BCUT2D eigenvalue weighted by Crippen LogP contribution is 2.44. The van der Waals surface area contributed by atoms with E-state index in [1.807, 2.05) is 60.7 Å². The molecule has 2 nitrogen and oxygen atoms in total. The molecule has 0 fully saturated rings. The molecule has 0 saturated carbocycles. The maximum absolute atomic E-state index is 9.25. The predicted octanol–water partition coefficient (Wildman–Crippen LogP) is 12.0. The predicted molar refractivity (Wildman–Crippen MR) is 199 cm³/mol. The van der Waals surface area contributed by atoms with Crippen LogP contribution in [0.5, 0.6) is 0 Å². The van der Waals surface area contributed by atoms with Crippen LogP contribution in [-0.2, 0) is 6.37 Å². The number of fused-ring (bicyclic) bond motifs is 4. The number of imidazole rings is 1. The molecule has 1 heterocycles. The van der Waals surface area contributed by atoms with Crippen molar-refractivity contribution < 1.29 is 17.8 Å². The van der Waals surface area contributed by atoms with Gasteiger partial charge in [-0.1, -0.05) is 140 Å². The summed E-state index contributed by atoms with van der Waals surface area (Å²) in [6.07, 6.45) is -2.76. The normalized spacial score (nSPS) is 16.1. The maximum Gasteiger partial charge on any atom is 0.114 e. The van der Waals surface area contributed by atoms with Crippen LogP contribution < -0.4 is 0 Å². The highest BCUT2D eigenvalue weighted by molar-refractivity contribution is 6.21. The Morgan fingerprint density at radius 1 is 0.574 bits per heavy atom. The summed E-state index contributed by atoms with van der Waals surface area (Å²) in [5.74, 6) is -0.247. The zero-order valence-electron chi connectivity index (χ0n) is 37.9. The van der Waals surface area contributed by atoms with Gasteiger partial charge in [-0.3, -0.25) is 4.57 Å². The fourth-order valence-corrected chi connectivity index (χ4v) is 6.55. The van der Waals surface area contributed by atoms with Crippen LogP contribution in [0.1, 0.15) is 30.5 Å². The monoisotopic (exact) mass is 613 g/mol. The molecule has 222 valence electrons. The number of rotatable bonds is 5. The molecule has 8 aromatic carbocycles. The molecule has 0 aliphatic rings. The molecule has 0 radical (unpaired) electrons. The van der Waals surface area contributed by atoms with Crippen LogP contribution in [0.3, 0.4) is 0 Å². The second-order valence-corrected chi connectivity index (χ2v) is 11.3. The van der Waals surface area contributed by atoms with Crippen molar-refractivity contribution in [2.24, 2.45) is 0 Å². The summed E-state index contributed by atoms with van der Waals surface area (Å²) in [5.41, 5.74) is 4.50. The van der Waals surface area contributed by atoms with E-state index in [2.05, 4.69) is 4.98 Å². The van der Waals surface area contributed by atoms with Crippen LogP contribution in [0.15, 0.2) is 164 Å². The number of aryl methyl sites for hydroxylation is 1. The minimum Gasteiger partial charge on any atom is -0.296 e. The van der Waals surface area contributed by atoms with Crippen molar-refractivity contribution in [1.82, 2.24) is 9.55 Å². The second kappa shape index (κ2) is 11.1. The van der Waals surface area contributed by atoms with Crippen LogP contribution >= 0.6 is 0 Å². The Hall–Kier alpha value is -5.99. The van der Waals surface area contributed by atoms with Crippen LogP contribution in [0, 0.1) is 0 Å². The number of nitrogens with zero attached hydrogens (tertiary/aromatic N) is 2. The third kappa shape index (κ3) is 4.53. The summed E-state index contributed by atoms with van der Waals surface area (Å²) in [4.78, 5) is 4.40. The molecule has 0 aliphatic carbocycles. The summed E-state index contributed by atoms with van der Waals surface area (Å²) >= 11 is 0. The Bertz CT molecular complexity index is 3160. The Balaban J connectivity index is 1.25. The van der Waals surface area contributed by atoms with Gasteiger partial charge in [0.1, 0.15) is 5.82 Å². The van der Waals surface area contributed by atoms with Crippen molar-refractivity contribution in [2.75, 3.05) is 0 Å². The first-order chi connectivity index (χ1) is 28.5. The SMILES string of the molecule is [2H]c1c([2H])c([2H])c2c(-c3ccc4ccccc4c3)c3c([2H])c([2H])c([2H])c([2H])c3c(-c3ccc(-c4ccc(-n5c(C([2H])([2H])C([2H])([2H])[2H])nc6ccccc65)cc4)cc3)c2c1[2H]. The summed E-state index contributed by atoms with van der Waals surface area (Å²) < 4.78 is 114. The lowest BCUT2D eigenvalue weighted by molar-refractivity contribution is 0.908. The van der Waals surface area contributed by atoms with Crippen LogP contribution in [0.4, 0.5) is 0 Å². The molecular weight excluding hydrogens is 569 g/mol. The van der Waals surface area contributed by atoms with E-state index in [4.69, 9.17) is 12.3 Å². The zero-order chi connectivity index (χ0) is 42.6. The molecule has 0 amide bonds. The molecule has 0 bridgehead atoms. The standard InChI is InChI=1S/C45H32N2/c1-2-43-46-41-17-9-10-18-42(41)47(43)36-27-25-32(26-28-36)31-19-22-33(23-20-31)44-37-13-5-7-15-39(37)45(40-16-8-6-14-38(40)44)35-24-21-30-11-3-4-12-34(30)29-35/h3-29H,2H2,1H3/i1D3,2D2,5D,6D,7D,8D,13D,14D,15D,16D. The number of para-hydroxylation sites is 2. The lowest BCUT2D eigenvalue weighted by Gasteiger charge is -2.18. The quantitative estimate of drug-likeness (QED) is 0.177. The Labute approximate surface area is 292 Å². The van der Waals surface area contributed by atoms with Gasteiger partial charge in [-0.2, -0.15) is 0 Å². The van der Waals surface area contributed by atoms with Gasteiger partial charge in [0.05, 0.1) is 22.0 Å². The van der Waals surface area contributed by atoms with E-state index in [0.717, 1.165) is 21.9 Å². The fraction of sp³-hybridized carbons (Fsp3) is 0.0444. The molecule has 0 saturated heterocycles. The van der Waals surface area contributed by atoms with Gasteiger partial charge < -0.3 is 0 Å². The lowest BCUT2D eigenvalue weighted by atomic mass is 9.85. The Kier molecular flexibility index (Phi) is 4.04. The van der Waals surface area contributed by atoms with Gasteiger partial charge in [0.15, 0.2) is 0 Å². The summed E-state index contributed by atoms with van der Waals surface area (Å²) in [7, 11) is 0. The molecule has 2 heteroatoms. The van der Waals surface area contributed by atoms with Gasteiger partial charge in [0.2, 0.25) is 0 Å². The zero-order valence-corrected chi connectivity index (χ0v) is 24.9. The molecule has 47 heavy (non-hydrogen) atoms. The third-order valence-corrected chi connectivity index (χ3v) is 8.72. The van der Waals surface area contributed by atoms with Crippen LogP contribution in [-0.4, -0.2) is 9.55 Å². The molecule has 0 aliphatic heterocycles. The van der Waals surface area contributed by atoms with Crippen LogP contribution in [0.25, 0.3) is 82.4 Å². The maximum atomic E-state index is 9.25. The van der Waals surface area contributed by atoms with E-state index >= 15 is 0 Å². The minimum absolute atomic E-state index is 0.124. The average Bonchev–Trinajstić information content (AvgIpc) is 3.65. The van der Waals surface area contributed by atoms with E-state index in [1.54, 1.807) is 54.6 Å². The summed E-state index contributed by atoms with van der Waals surface area (Å²) in [6.45, 7) is -2.98. The first-order valence-electron chi connectivity index (χ1n) is 21.7. The van der Waals surface area contributed by atoms with E-state index in [0.29, 0.717) is 27.8 Å². The van der Waals surface area contributed by atoms with Gasteiger partial charge >= 0.3 is 0 Å². The lowest BCUT2D eigenvalue weighted by Crippen LogP contribution is -1.99. The summed E-state index contributed by atoms with van der Waals surface area (Å²) in [5, 5.41) is 2.30. The first kappa shape index (κ1) is 17.1. The van der Waals surface area contributed by atoms with E-state index in [1.165, 1.54) is 4.57 Å². The van der Waals surface area contributed by atoms with E-state index in [9.17, 15) is 5.48 Å². The second-order valence-electron chi connectivity index (χ2n) is 11.3. The molecule has 0 unspecified atom stereocenters. The number of aromatic nitrogens is 2. The van der Waals surface area contributed by atoms with Crippen molar-refractivity contribution in [3.05, 3.63) is 169 Å². The Morgan fingerprint density at radius 2 is 1.11 bits per heavy atom. The number of benzene rings is 8. The average molecular weight is 614 g/mol. The van der Waals surface area contributed by atoms with E-state index in [-0.39, 0.29) is 62.7 Å². The minimum atomic E-state index is -2.98. The van der Waals surface area contributed by atoms with E-state index < -0.39 is 37.4 Å². The largest absolute Gasteiger partial charge is 0.296 e. The van der Waals surface area contributed by atoms with Crippen molar-refractivity contribution in [3.8, 4) is 39.1 Å². The van der Waals surface area contributed by atoms with Gasteiger partial charge in [-0.25, -0.2) is 4.98 Å². The summed E-state index contributed by atoms with van der Waals surface area (Å²) in [6, 6.07) is 31.1. The smallest absolute Gasteiger partial charge is 0.114 e. The third-order valence-electron chi connectivity index (χ3n) is 8.72. The number of hydrogen-bond donors (Lipinski definition) is 0. The molecule has 0 N–H and O–H groups in total. The van der Waals surface area contributed by atoms with Crippen LogP contribution in [0.2, 0.25) is 0 Å². The van der Waals surface area contributed by atoms with Crippen molar-refractivity contribution >= 4 is 43.4 Å². The van der Waals surface area contributed by atoms with Gasteiger partial charge in [-0.05, 0) is 96.0 Å². The molecule has 0 spiro atoms. The van der Waals surface area contributed by atoms with Crippen molar-refractivity contribution in [3.63, 3.8) is 0 Å². The Morgan fingerprint density at radius 3 is 1.77 bits per heavy atom. The molecule has 1 aromatic heterocycles. The van der Waals surface area contributed by atoms with Crippen molar-refractivity contribution in [2.45, 2.75) is 13.2 Å². The fourth-order valence-electron chi connectivity index (χ4n) is 6.55. The highest BCUT2D eigenvalue weighted by atomic mass is 15.1. The molecule has 9 rings (SSSR count). The van der Waals surface area contributed by atoms with Gasteiger partial charge in [-0.15, -0.1) is 0 Å². The molecule has 9 aromatic rings. The molecule has 0 atom stereocenters. The topological polar surface area (TPSA) is 17.8 Å². The number of hydrogen-bond acceptors (Lipinski definition) is 1. The van der Waals surface area contributed by atoms with Gasteiger partial charge in [0.25, 0.3) is 0 Å².